The Morgan fingerprint density at radius 2 is 1.77 bits per heavy atom. The van der Waals surface area contributed by atoms with E-state index < -0.39 is 21.2 Å². The van der Waals surface area contributed by atoms with Gasteiger partial charge < -0.3 is 23.8 Å². The first-order valence-electron chi connectivity index (χ1n) is 19.4. The number of sulfonamides is 1. The molecule has 2 saturated heterocycles. The van der Waals surface area contributed by atoms with Gasteiger partial charge in [0, 0.05) is 55.2 Å². The van der Waals surface area contributed by atoms with E-state index >= 15 is 0 Å². The lowest BCUT2D eigenvalue weighted by molar-refractivity contribution is -0.251. The van der Waals surface area contributed by atoms with Gasteiger partial charge in [0.15, 0.2) is 6.29 Å². The number of halogens is 1. The first kappa shape index (κ1) is 36.6. The second-order valence-corrected chi connectivity index (χ2v) is 19.0. The van der Waals surface area contributed by atoms with Crippen LogP contribution in [0.1, 0.15) is 80.3 Å². The number of fused-ring (bicyclic) bond motifs is 4. The summed E-state index contributed by atoms with van der Waals surface area (Å²) in [6, 6.07) is 11.9. The van der Waals surface area contributed by atoms with E-state index in [0.717, 1.165) is 94.0 Å². The van der Waals surface area contributed by atoms with Gasteiger partial charge in [0.05, 0.1) is 42.9 Å². The maximum Gasteiger partial charge on any atom is 0.264 e. The molecule has 6 atom stereocenters. The molecule has 4 heterocycles. The van der Waals surface area contributed by atoms with E-state index in [2.05, 4.69) is 26.7 Å². The van der Waals surface area contributed by atoms with E-state index in [1.165, 1.54) is 11.1 Å². The molecule has 1 spiro atoms. The molecule has 6 aliphatic rings. The minimum absolute atomic E-state index is 0.130. The maximum absolute atomic E-state index is 13.6. The molecular formula is C40H54ClN3O7S. The van der Waals surface area contributed by atoms with Crippen LogP contribution in [0.25, 0.3) is 0 Å². The Labute approximate surface area is 313 Å². The summed E-state index contributed by atoms with van der Waals surface area (Å²) in [5.74, 6) is 1.00. The van der Waals surface area contributed by atoms with Crippen LogP contribution in [0.3, 0.4) is 0 Å². The van der Waals surface area contributed by atoms with Crippen LogP contribution in [0, 0.1) is 23.7 Å². The number of aryl methyl sites for hydroxylation is 1. The summed E-state index contributed by atoms with van der Waals surface area (Å²) in [5.41, 5.74) is 3.47. The van der Waals surface area contributed by atoms with Crippen LogP contribution >= 0.6 is 11.6 Å². The van der Waals surface area contributed by atoms with Crippen LogP contribution in [-0.4, -0.2) is 96.0 Å². The number of nitrogens with one attached hydrogen (secondary N) is 1. The van der Waals surface area contributed by atoms with Gasteiger partial charge in [0.2, 0.25) is 10.0 Å². The highest BCUT2D eigenvalue weighted by Crippen LogP contribution is 2.49. The van der Waals surface area contributed by atoms with Crippen LogP contribution in [0.2, 0.25) is 5.02 Å². The molecule has 10 nitrogen and oxygen atoms in total. The van der Waals surface area contributed by atoms with Crippen molar-refractivity contribution in [2.24, 2.45) is 23.7 Å². The van der Waals surface area contributed by atoms with Crippen molar-refractivity contribution >= 4 is 33.2 Å². The molecule has 2 bridgehead atoms. The summed E-state index contributed by atoms with van der Waals surface area (Å²) in [6.45, 7) is 8.85. The van der Waals surface area contributed by atoms with Crippen molar-refractivity contribution in [1.82, 2.24) is 9.62 Å². The number of ether oxygens (including phenoxy) is 4. The summed E-state index contributed by atoms with van der Waals surface area (Å²) >= 11 is 6.49. The fourth-order valence-corrected chi connectivity index (χ4v) is 11.4. The van der Waals surface area contributed by atoms with Gasteiger partial charge in [-0.05, 0) is 111 Å². The first-order valence-corrected chi connectivity index (χ1v) is 21.3. The molecule has 4 aliphatic heterocycles. The van der Waals surface area contributed by atoms with E-state index in [4.69, 9.17) is 30.5 Å². The van der Waals surface area contributed by atoms with Gasteiger partial charge in [-0.1, -0.05) is 31.0 Å². The van der Waals surface area contributed by atoms with Gasteiger partial charge in [0.1, 0.15) is 5.75 Å². The summed E-state index contributed by atoms with van der Waals surface area (Å²) in [5, 5.41) is 0.0221. The molecule has 52 heavy (non-hydrogen) atoms. The first-order chi connectivity index (χ1) is 25.0. The second kappa shape index (κ2) is 14.7. The lowest BCUT2D eigenvalue weighted by atomic mass is 9.64. The Morgan fingerprint density at radius 1 is 0.962 bits per heavy atom. The quantitative estimate of drug-likeness (QED) is 0.417. The van der Waals surface area contributed by atoms with Crippen molar-refractivity contribution in [2.75, 3.05) is 58.0 Å². The fourth-order valence-electron chi connectivity index (χ4n) is 9.86. The number of rotatable bonds is 3. The Hall–Kier alpha value is -2.41. The predicted molar refractivity (Wildman–Crippen MR) is 201 cm³/mol. The minimum Gasteiger partial charge on any atom is -0.490 e. The third kappa shape index (κ3) is 6.99. The Kier molecular flexibility index (Phi) is 10.3. The van der Waals surface area contributed by atoms with E-state index in [0.29, 0.717) is 37.2 Å². The average Bonchev–Trinajstić information content (AvgIpc) is 3.25. The summed E-state index contributed by atoms with van der Waals surface area (Å²) in [4.78, 5) is 18.4. The number of hydrogen-bond acceptors (Lipinski definition) is 9. The standard InChI is InChI=1S/C40H54ClN3O7S/c1-25-6-4-8-34(39-49-21-31(22-50-39)43-19-32(20-43)48-3)33-12-9-29(33)18-44-23-40(15-5-7-27-16-30(41)11-13-35(27)40)24-51-37-14-10-28(17-36(37)44)38(45)42-52(46,47)26(25)2/h10-11,13-14,16-17,25-26,29,31-34,39H,4-9,12,15,18-24H2,1-3H3,(H,42,45)/t25-,26+,29-,31-,33+,34-,39+,40-/m0/s1. The van der Waals surface area contributed by atoms with Gasteiger partial charge in [0.25, 0.3) is 5.91 Å². The highest BCUT2D eigenvalue weighted by Gasteiger charge is 2.47. The van der Waals surface area contributed by atoms with Crippen molar-refractivity contribution in [2.45, 2.75) is 94.3 Å². The number of carbonyl (C=O) groups excluding carboxylic acids is 1. The predicted octanol–water partition coefficient (Wildman–Crippen LogP) is 5.80. The number of benzene rings is 2. The average molecular weight is 756 g/mol. The van der Waals surface area contributed by atoms with Gasteiger partial charge >= 0.3 is 0 Å². The Balaban J connectivity index is 1.12. The van der Waals surface area contributed by atoms with Crippen LogP contribution in [-0.2, 0) is 36.1 Å². The Bertz CT molecular complexity index is 1750. The van der Waals surface area contributed by atoms with Crippen molar-refractivity contribution in [1.29, 1.82) is 0 Å². The molecule has 2 aromatic carbocycles. The van der Waals surface area contributed by atoms with Crippen molar-refractivity contribution in [3.05, 3.63) is 58.1 Å². The smallest absolute Gasteiger partial charge is 0.264 e. The van der Waals surface area contributed by atoms with E-state index in [-0.39, 0.29) is 35.7 Å². The monoisotopic (exact) mass is 755 g/mol. The van der Waals surface area contributed by atoms with E-state index in [1.807, 2.05) is 25.1 Å². The third-order valence-corrected chi connectivity index (χ3v) is 15.6. The molecule has 0 radical (unpaired) electrons. The van der Waals surface area contributed by atoms with E-state index in [9.17, 15) is 13.2 Å². The molecule has 0 aromatic heterocycles. The molecule has 0 unspecified atom stereocenters. The highest BCUT2D eigenvalue weighted by atomic mass is 35.5. The number of anilines is 1. The zero-order valence-corrected chi connectivity index (χ0v) is 32.3. The molecule has 12 heteroatoms. The van der Waals surface area contributed by atoms with Crippen LogP contribution < -0.4 is 14.4 Å². The number of nitrogens with zero attached hydrogens (tertiary/aromatic N) is 2. The fraction of sp³-hybridized carbons (Fsp3) is 0.675. The molecule has 3 fully saturated rings. The molecule has 2 aromatic rings. The normalized spacial score (nSPS) is 35.6. The number of carbonyl (C=O) groups is 1. The molecule has 1 saturated carbocycles. The number of hydrogen-bond donors (Lipinski definition) is 1. The van der Waals surface area contributed by atoms with Gasteiger partial charge in [-0.3, -0.25) is 9.69 Å². The second-order valence-electron chi connectivity index (χ2n) is 16.5. The topological polar surface area (TPSA) is 107 Å². The third-order valence-electron chi connectivity index (χ3n) is 13.5. The van der Waals surface area contributed by atoms with E-state index in [1.54, 1.807) is 20.1 Å². The maximum atomic E-state index is 13.6. The zero-order chi connectivity index (χ0) is 36.2. The number of likely N-dealkylation sites (tertiary alicyclic amines) is 1. The highest BCUT2D eigenvalue weighted by molar-refractivity contribution is 7.90. The van der Waals surface area contributed by atoms with Crippen LogP contribution in [0.15, 0.2) is 36.4 Å². The van der Waals surface area contributed by atoms with Crippen molar-refractivity contribution < 1.29 is 32.2 Å². The zero-order valence-electron chi connectivity index (χ0n) is 30.7. The van der Waals surface area contributed by atoms with Crippen molar-refractivity contribution in [3.63, 3.8) is 0 Å². The molecule has 284 valence electrons. The Morgan fingerprint density at radius 3 is 2.52 bits per heavy atom. The van der Waals surface area contributed by atoms with Crippen molar-refractivity contribution in [3.8, 4) is 5.75 Å². The summed E-state index contributed by atoms with van der Waals surface area (Å²) in [6.07, 6.45) is 7.72. The minimum atomic E-state index is -3.91. The number of amides is 1. The molecule has 2 aliphatic carbocycles. The largest absolute Gasteiger partial charge is 0.490 e. The molecule has 8 rings (SSSR count). The summed E-state index contributed by atoms with van der Waals surface area (Å²) < 4.78 is 54.9. The SMILES string of the molecule is COC1CN([C@H]2CO[C@@H]([C@H]3CCC[C@H](C)[C@@H](C)S(=O)(=O)NC(=O)c4ccc5c(c4)N(C[C@@H]4CC[C@H]43)C[C@@]3(CCCc4cc(Cl)ccc43)CO5)OC2)C1. The molecular weight excluding hydrogens is 702 g/mol. The van der Waals surface area contributed by atoms with Crippen LogP contribution in [0.4, 0.5) is 5.69 Å². The lowest BCUT2D eigenvalue weighted by Crippen LogP contribution is -2.61. The molecule has 1 amide bonds. The lowest BCUT2D eigenvalue weighted by Gasteiger charge is -2.50. The van der Waals surface area contributed by atoms with Gasteiger partial charge in [-0.15, -0.1) is 0 Å². The summed E-state index contributed by atoms with van der Waals surface area (Å²) in [7, 11) is -2.15. The number of methoxy groups -OCH3 is 1. The van der Waals surface area contributed by atoms with Gasteiger partial charge in [-0.2, -0.15) is 0 Å². The van der Waals surface area contributed by atoms with Crippen LogP contribution in [0.5, 0.6) is 5.75 Å². The van der Waals surface area contributed by atoms with Gasteiger partial charge in [-0.25, -0.2) is 13.1 Å². The molecule has 1 N–H and O–H groups in total.